The SMILES string of the molecule is O=C(CNC(=O)Cc1ccccc1)NCCc1ccc(Cl)cc1. The second-order valence-electron chi connectivity index (χ2n) is 5.17. The minimum atomic E-state index is -0.194. The topological polar surface area (TPSA) is 58.2 Å². The summed E-state index contributed by atoms with van der Waals surface area (Å²) in [5.74, 6) is -0.357. The van der Waals surface area contributed by atoms with E-state index in [0.29, 0.717) is 11.6 Å². The van der Waals surface area contributed by atoms with Gasteiger partial charge in [0, 0.05) is 11.6 Å². The van der Waals surface area contributed by atoms with Crippen LogP contribution in [0.15, 0.2) is 54.6 Å². The molecule has 0 saturated heterocycles. The van der Waals surface area contributed by atoms with E-state index in [2.05, 4.69) is 10.6 Å². The number of nitrogens with one attached hydrogen (secondary N) is 2. The molecular formula is C18H19ClN2O2. The first-order valence-electron chi connectivity index (χ1n) is 7.45. The monoisotopic (exact) mass is 330 g/mol. The molecule has 4 nitrogen and oxygen atoms in total. The summed E-state index contributed by atoms with van der Waals surface area (Å²) < 4.78 is 0. The van der Waals surface area contributed by atoms with Crippen molar-refractivity contribution >= 4 is 23.4 Å². The Kier molecular flexibility index (Phi) is 6.63. The Bertz CT molecular complexity index is 642. The van der Waals surface area contributed by atoms with Crippen LogP contribution in [0.4, 0.5) is 0 Å². The molecule has 0 aliphatic rings. The first-order chi connectivity index (χ1) is 11.1. The third-order valence-electron chi connectivity index (χ3n) is 3.30. The number of halogens is 1. The Morgan fingerprint density at radius 3 is 2.22 bits per heavy atom. The van der Waals surface area contributed by atoms with Gasteiger partial charge in [0.15, 0.2) is 0 Å². The van der Waals surface area contributed by atoms with Crippen LogP contribution in [-0.2, 0) is 22.4 Å². The van der Waals surface area contributed by atoms with Crippen molar-refractivity contribution in [2.75, 3.05) is 13.1 Å². The van der Waals surface area contributed by atoms with Crippen molar-refractivity contribution in [2.45, 2.75) is 12.8 Å². The summed E-state index contributed by atoms with van der Waals surface area (Å²) in [6, 6.07) is 16.9. The summed E-state index contributed by atoms with van der Waals surface area (Å²) in [5.41, 5.74) is 2.02. The first kappa shape index (κ1) is 17.0. The van der Waals surface area contributed by atoms with Crippen LogP contribution in [0.5, 0.6) is 0 Å². The molecule has 0 radical (unpaired) electrons. The van der Waals surface area contributed by atoms with Crippen LogP contribution in [-0.4, -0.2) is 24.9 Å². The molecule has 0 unspecified atom stereocenters. The zero-order valence-electron chi connectivity index (χ0n) is 12.7. The molecular weight excluding hydrogens is 312 g/mol. The van der Waals surface area contributed by atoms with Gasteiger partial charge in [-0.2, -0.15) is 0 Å². The van der Waals surface area contributed by atoms with Gasteiger partial charge in [-0.3, -0.25) is 9.59 Å². The lowest BCUT2D eigenvalue weighted by Crippen LogP contribution is -2.38. The predicted molar refractivity (Wildman–Crippen MR) is 91.3 cm³/mol. The number of rotatable bonds is 7. The van der Waals surface area contributed by atoms with E-state index in [1.807, 2.05) is 54.6 Å². The highest BCUT2D eigenvalue weighted by molar-refractivity contribution is 6.30. The molecule has 0 aliphatic carbocycles. The lowest BCUT2D eigenvalue weighted by Gasteiger charge is -2.07. The average Bonchev–Trinajstić information content (AvgIpc) is 2.56. The smallest absolute Gasteiger partial charge is 0.239 e. The zero-order chi connectivity index (χ0) is 16.5. The van der Waals surface area contributed by atoms with Crippen molar-refractivity contribution in [1.82, 2.24) is 10.6 Å². The molecule has 0 heterocycles. The normalized spacial score (nSPS) is 10.1. The van der Waals surface area contributed by atoms with Crippen LogP contribution >= 0.6 is 11.6 Å². The van der Waals surface area contributed by atoms with Crippen molar-refractivity contribution in [3.05, 3.63) is 70.7 Å². The summed E-state index contributed by atoms with van der Waals surface area (Å²) in [5, 5.41) is 6.09. The van der Waals surface area contributed by atoms with Crippen LogP contribution in [0.3, 0.4) is 0 Å². The summed E-state index contributed by atoms with van der Waals surface area (Å²) in [6.45, 7) is 0.515. The fraction of sp³-hybridized carbons (Fsp3) is 0.222. The van der Waals surface area contributed by atoms with E-state index in [0.717, 1.165) is 17.5 Å². The highest BCUT2D eigenvalue weighted by atomic mass is 35.5. The van der Waals surface area contributed by atoms with E-state index < -0.39 is 0 Å². The van der Waals surface area contributed by atoms with Gasteiger partial charge in [0.25, 0.3) is 0 Å². The average molecular weight is 331 g/mol. The molecule has 23 heavy (non-hydrogen) atoms. The van der Waals surface area contributed by atoms with Crippen LogP contribution in [0, 0.1) is 0 Å². The molecule has 0 spiro atoms. The summed E-state index contributed by atoms with van der Waals surface area (Å²) in [7, 11) is 0. The summed E-state index contributed by atoms with van der Waals surface area (Å²) in [4.78, 5) is 23.4. The Hall–Kier alpha value is -2.33. The fourth-order valence-electron chi connectivity index (χ4n) is 2.08. The molecule has 0 saturated carbocycles. The highest BCUT2D eigenvalue weighted by Crippen LogP contribution is 2.09. The third kappa shape index (κ3) is 6.53. The molecule has 120 valence electrons. The van der Waals surface area contributed by atoms with E-state index in [9.17, 15) is 9.59 Å². The minimum absolute atomic E-state index is 0.00765. The first-order valence-corrected chi connectivity index (χ1v) is 7.83. The summed E-state index contributed by atoms with van der Waals surface area (Å²) in [6.07, 6.45) is 1.000. The number of hydrogen-bond donors (Lipinski definition) is 2. The van der Waals surface area contributed by atoms with Gasteiger partial charge < -0.3 is 10.6 Å². The van der Waals surface area contributed by atoms with E-state index in [1.165, 1.54) is 0 Å². The maximum Gasteiger partial charge on any atom is 0.239 e. The van der Waals surface area contributed by atoms with Crippen LogP contribution in [0.2, 0.25) is 5.02 Å². The Morgan fingerprint density at radius 2 is 1.52 bits per heavy atom. The number of hydrogen-bond acceptors (Lipinski definition) is 2. The van der Waals surface area contributed by atoms with E-state index in [-0.39, 0.29) is 24.8 Å². The molecule has 0 atom stereocenters. The van der Waals surface area contributed by atoms with Gasteiger partial charge in [-0.15, -0.1) is 0 Å². The minimum Gasteiger partial charge on any atom is -0.354 e. The number of carbonyl (C=O) groups is 2. The molecule has 2 aromatic rings. The quantitative estimate of drug-likeness (QED) is 0.818. The maximum atomic E-state index is 11.7. The second-order valence-corrected chi connectivity index (χ2v) is 5.60. The maximum absolute atomic E-state index is 11.7. The van der Waals surface area contributed by atoms with Gasteiger partial charge >= 0.3 is 0 Å². The van der Waals surface area contributed by atoms with Gasteiger partial charge in [0.1, 0.15) is 0 Å². The van der Waals surface area contributed by atoms with E-state index >= 15 is 0 Å². The summed E-state index contributed by atoms with van der Waals surface area (Å²) >= 11 is 5.82. The van der Waals surface area contributed by atoms with Gasteiger partial charge in [-0.1, -0.05) is 54.1 Å². The largest absolute Gasteiger partial charge is 0.354 e. The molecule has 5 heteroatoms. The van der Waals surface area contributed by atoms with Crippen LogP contribution in [0.1, 0.15) is 11.1 Å². The molecule has 0 fully saturated rings. The number of amides is 2. The van der Waals surface area contributed by atoms with Gasteiger partial charge in [-0.05, 0) is 29.7 Å². The van der Waals surface area contributed by atoms with Crippen LogP contribution < -0.4 is 10.6 Å². The molecule has 2 N–H and O–H groups in total. The van der Waals surface area contributed by atoms with Gasteiger partial charge in [0.05, 0.1) is 13.0 Å². The molecule has 2 rings (SSSR count). The van der Waals surface area contributed by atoms with Gasteiger partial charge in [-0.25, -0.2) is 0 Å². The third-order valence-corrected chi connectivity index (χ3v) is 3.55. The van der Waals surface area contributed by atoms with Crippen molar-refractivity contribution < 1.29 is 9.59 Å². The predicted octanol–water partition coefficient (Wildman–Crippen LogP) is 2.36. The number of benzene rings is 2. The van der Waals surface area contributed by atoms with Gasteiger partial charge in [0.2, 0.25) is 11.8 Å². The Balaban J connectivity index is 1.63. The van der Waals surface area contributed by atoms with E-state index in [1.54, 1.807) is 0 Å². The Morgan fingerprint density at radius 1 is 0.826 bits per heavy atom. The molecule has 2 aromatic carbocycles. The lowest BCUT2D eigenvalue weighted by atomic mass is 10.1. The van der Waals surface area contributed by atoms with Crippen molar-refractivity contribution in [1.29, 1.82) is 0 Å². The molecule has 2 amide bonds. The van der Waals surface area contributed by atoms with Crippen LogP contribution in [0.25, 0.3) is 0 Å². The highest BCUT2D eigenvalue weighted by Gasteiger charge is 2.06. The number of carbonyl (C=O) groups excluding carboxylic acids is 2. The zero-order valence-corrected chi connectivity index (χ0v) is 13.5. The molecule has 0 bridgehead atoms. The van der Waals surface area contributed by atoms with Crippen molar-refractivity contribution in [2.24, 2.45) is 0 Å². The Labute approximate surface area is 140 Å². The van der Waals surface area contributed by atoms with Crippen molar-refractivity contribution in [3.63, 3.8) is 0 Å². The molecule has 0 aliphatic heterocycles. The molecule has 0 aromatic heterocycles. The standard InChI is InChI=1S/C18H19ClN2O2/c19-16-8-6-14(7-9-16)10-11-20-18(23)13-21-17(22)12-15-4-2-1-3-5-15/h1-9H,10-13H2,(H,20,23)(H,21,22). The second kappa shape index (κ2) is 8.96. The lowest BCUT2D eigenvalue weighted by molar-refractivity contribution is -0.125. The fourth-order valence-corrected chi connectivity index (χ4v) is 2.21. The van der Waals surface area contributed by atoms with Crippen molar-refractivity contribution in [3.8, 4) is 0 Å². The van der Waals surface area contributed by atoms with E-state index in [4.69, 9.17) is 11.6 Å².